The third-order valence-corrected chi connectivity index (χ3v) is 4.78. The number of hydrogen-bond acceptors (Lipinski definition) is 4. The minimum atomic E-state index is -0.271. The lowest BCUT2D eigenvalue weighted by Crippen LogP contribution is -2.36. The fraction of sp³-hybridized carbons (Fsp3) is 0.182. The van der Waals surface area contributed by atoms with Crippen molar-refractivity contribution in [1.82, 2.24) is 4.98 Å². The number of H-pyrrole nitrogens is 1. The quantitative estimate of drug-likeness (QED) is 0.438. The van der Waals surface area contributed by atoms with Crippen LogP contribution in [-0.2, 0) is 4.74 Å². The molecule has 0 radical (unpaired) electrons. The molecule has 4 rings (SSSR count). The maximum absolute atomic E-state index is 12.8. The minimum Gasteiger partial charge on any atom is -0.378 e. The Morgan fingerprint density at radius 2 is 1.85 bits per heavy atom. The normalized spacial score (nSPS) is 14.9. The number of nitrogens with one attached hydrogen (secondary N) is 1. The number of ketones is 1. The van der Waals surface area contributed by atoms with Crippen LogP contribution < -0.4 is 4.90 Å². The Morgan fingerprint density at radius 1 is 1.11 bits per heavy atom. The molecule has 0 saturated carbocycles. The van der Waals surface area contributed by atoms with Crippen LogP contribution in [0.1, 0.15) is 15.9 Å². The summed E-state index contributed by atoms with van der Waals surface area (Å²) in [6.45, 7) is 3.22. The number of para-hydroxylation sites is 1. The summed E-state index contributed by atoms with van der Waals surface area (Å²) in [4.78, 5) is 18.2. The summed E-state index contributed by atoms with van der Waals surface area (Å²) >= 11 is 0. The lowest BCUT2D eigenvalue weighted by Gasteiger charge is -2.28. The van der Waals surface area contributed by atoms with Crippen molar-refractivity contribution in [3.05, 3.63) is 71.4 Å². The van der Waals surface area contributed by atoms with Crippen molar-refractivity contribution in [2.75, 3.05) is 31.2 Å². The minimum absolute atomic E-state index is 0.124. The van der Waals surface area contributed by atoms with E-state index in [0.29, 0.717) is 5.56 Å². The molecule has 1 aliphatic heterocycles. The van der Waals surface area contributed by atoms with Gasteiger partial charge in [0.25, 0.3) is 0 Å². The van der Waals surface area contributed by atoms with E-state index in [2.05, 4.69) is 16.0 Å². The van der Waals surface area contributed by atoms with Gasteiger partial charge >= 0.3 is 0 Å². The Bertz CT molecular complexity index is 1040. The lowest BCUT2D eigenvalue weighted by molar-refractivity contribution is 0.104. The van der Waals surface area contributed by atoms with Crippen molar-refractivity contribution in [1.29, 1.82) is 5.26 Å². The van der Waals surface area contributed by atoms with Crippen LogP contribution in [0.2, 0.25) is 0 Å². The summed E-state index contributed by atoms with van der Waals surface area (Å²) in [5, 5.41) is 10.3. The van der Waals surface area contributed by atoms with Gasteiger partial charge < -0.3 is 14.6 Å². The summed E-state index contributed by atoms with van der Waals surface area (Å²) in [5.41, 5.74) is 3.48. The van der Waals surface area contributed by atoms with Gasteiger partial charge in [-0.3, -0.25) is 4.79 Å². The molecule has 2 heterocycles. The zero-order valence-corrected chi connectivity index (χ0v) is 14.8. The van der Waals surface area contributed by atoms with Gasteiger partial charge in [0.1, 0.15) is 11.6 Å². The van der Waals surface area contributed by atoms with Gasteiger partial charge in [-0.1, -0.05) is 30.3 Å². The second-order valence-electron chi connectivity index (χ2n) is 6.44. The molecule has 1 saturated heterocycles. The first kappa shape index (κ1) is 17.1. The molecule has 1 fully saturated rings. The first-order valence-electron chi connectivity index (χ1n) is 8.91. The number of carbonyl (C=O) groups excluding carboxylic acids is 1. The number of allylic oxidation sites excluding steroid dienone is 1. The molecular formula is C22H19N3O2. The van der Waals surface area contributed by atoms with Gasteiger partial charge in [-0.25, -0.2) is 0 Å². The highest BCUT2D eigenvalue weighted by Gasteiger charge is 2.16. The summed E-state index contributed by atoms with van der Waals surface area (Å²) in [6, 6.07) is 17.5. The first-order chi connectivity index (χ1) is 13.3. The predicted molar refractivity (Wildman–Crippen MR) is 106 cm³/mol. The van der Waals surface area contributed by atoms with E-state index >= 15 is 0 Å². The Kier molecular flexibility index (Phi) is 4.73. The fourth-order valence-electron chi connectivity index (χ4n) is 3.32. The smallest absolute Gasteiger partial charge is 0.205 e. The number of Topliss-reactive ketones (excluding diaryl/α,β-unsaturated/α-hetero) is 1. The third kappa shape index (κ3) is 3.48. The van der Waals surface area contributed by atoms with E-state index in [1.807, 2.05) is 48.5 Å². The summed E-state index contributed by atoms with van der Waals surface area (Å²) in [7, 11) is 0. The summed E-state index contributed by atoms with van der Waals surface area (Å²) < 4.78 is 5.38. The van der Waals surface area contributed by atoms with E-state index in [1.54, 1.807) is 12.3 Å². The van der Waals surface area contributed by atoms with E-state index in [0.717, 1.165) is 48.5 Å². The monoisotopic (exact) mass is 357 g/mol. The van der Waals surface area contributed by atoms with Crippen LogP contribution in [-0.4, -0.2) is 37.1 Å². The van der Waals surface area contributed by atoms with Crippen LogP contribution in [0.15, 0.2) is 60.3 Å². The first-order valence-corrected chi connectivity index (χ1v) is 8.91. The molecule has 1 aromatic heterocycles. The second kappa shape index (κ2) is 7.48. The number of fused-ring (bicyclic) bond motifs is 1. The van der Waals surface area contributed by atoms with Crippen molar-refractivity contribution in [2.24, 2.45) is 0 Å². The molecule has 0 atom stereocenters. The van der Waals surface area contributed by atoms with Gasteiger partial charge in [-0.05, 0) is 29.8 Å². The molecule has 0 unspecified atom stereocenters. The van der Waals surface area contributed by atoms with E-state index < -0.39 is 0 Å². The molecule has 0 aliphatic carbocycles. The number of morpholine rings is 1. The summed E-state index contributed by atoms with van der Waals surface area (Å²) in [6.07, 6.45) is 3.31. The molecule has 0 spiro atoms. The van der Waals surface area contributed by atoms with Crippen LogP contribution in [0.4, 0.5) is 5.69 Å². The number of hydrogen-bond donors (Lipinski definition) is 1. The number of carbonyl (C=O) groups is 1. The number of ether oxygens (including phenoxy) is 1. The highest BCUT2D eigenvalue weighted by molar-refractivity contribution is 6.19. The van der Waals surface area contributed by atoms with Gasteiger partial charge in [-0.15, -0.1) is 0 Å². The molecule has 5 nitrogen and oxygen atoms in total. The van der Waals surface area contributed by atoms with E-state index in [1.165, 1.54) is 0 Å². The summed E-state index contributed by atoms with van der Waals surface area (Å²) in [5.74, 6) is -0.271. The van der Waals surface area contributed by atoms with Gasteiger partial charge in [0.05, 0.1) is 13.2 Å². The lowest BCUT2D eigenvalue weighted by atomic mass is 10.0. The van der Waals surface area contributed by atoms with E-state index in [4.69, 9.17) is 4.74 Å². The fourth-order valence-corrected chi connectivity index (χ4v) is 3.32. The van der Waals surface area contributed by atoms with Crippen LogP contribution in [0.25, 0.3) is 17.0 Å². The molecule has 0 amide bonds. The number of aromatic nitrogens is 1. The average Bonchev–Trinajstić information content (AvgIpc) is 3.17. The SMILES string of the molecule is N#CC(=Cc1ccc(N2CCOCC2)cc1)C(=O)c1c[nH]c2ccccc12. The van der Waals surface area contributed by atoms with E-state index in [9.17, 15) is 10.1 Å². The van der Waals surface area contributed by atoms with Gasteiger partial charge in [0.2, 0.25) is 5.78 Å². The van der Waals surface area contributed by atoms with Crippen LogP contribution >= 0.6 is 0 Å². The number of rotatable bonds is 4. The molecule has 27 heavy (non-hydrogen) atoms. The maximum atomic E-state index is 12.8. The zero-order valence-electron chi connectivity index (χ0n) is 14.8. The van der Waals surface area contributed by atoms with Crippen molar-refractivity contribution in [3.63, 3.8) is 0 Å². The molecule has 134 valence electrons. The third-order valence-electron chi connectivity index (χ3n) is 4.78. The van der Waals surface area contributed by atoms with Crippen LogP contribution in [0, 0.1) is 11.3 Å². The molecular weight excluding hydrogens is 338 g/mol. The van der Waals surface area contributed by atoms with Crippen molar-refractivity contribution in [2.45, 2.75) is 0 Å². The predicted octanol–water partition coefficient (Wildman–Crippen LogP) is 3.79. The average molecular weight is 357 g/mol. The molecule has 1 aliphatic rings. The maximum Gasteiger partial charge on any atom is 0.205 e. The van der Waals surface area contributed by atoms with Crippen LogP contribution in [0.5, 0.6) is 0 Å². The molecule has 5 heteroatoms. The number of benzene rings is 2. The Labute approximate surface area is 157 Å². The molecule has 2 aromatic carbocycles. The highest BCUT2D eigenvalue weighted by atomic mass is 16.5. The Balaban J connectivity index is 1.59. The van der Waals surface area contributed by atoms with Crippen molar-refractivity contribution in [3.8, 4) is 6.07 Å². The van der Waals surface area contributed by atoms with Crippen molar-refractivity contribution >= 4 is 28.4 Å². The molecule has 1 N–H and O–H groups in total. The molecule has 3 aromatic rings. The Hall–Kier alpha value is -3.36. The largest absolute Gasteiger partial charge is 0.378 e. The zero-order chi connectivity index (χ0) is 18.6. The van der Waals surface area contributed by atoms with Crippen molar-refractivity contribution < 1.29 is 9.53 Å². The number of anilines is 1. The number of aromatic amines is 1. The van der Waals surface area contributed by atoms with Gasteiger partial charge in [0, 0.05) is 41.4 Å². The standard InChI is InChI=1S/C22H19N3O2/c23-14-17(22(26)20-15-24-21-4-2-1-3-19(20)21)13-16-5-7-18(8-6-16)25-9-11-27-12-10-25/h1-8,13,15,24H,9-12H2. The van der Waals surface area contributed by atoms with E-state index in [-0.39, 0.29) is 11.4 Å². The number of nitrogens with zero attached hydrogens (tertiary/aromatic N) is 2. The highest BCUT2D eigenvalue weighted by Crippen LogP contribution is 2.23. The number of nitriles is 1. The Morgan fingerprint density at radius 3 is 2.59 bits per heavy atom. The van der Waals surface area contributed by atoms with Gasteiger partial charge in [-0.2, -0.15) is 5.26 Å². The topological polar surface area (TPSA) is 69.1 Å². The van der Waals surface area contributed by atoms with Crippen LogP contribution in [0.3, 0.4) is 0 Å². The molecule has 0 bridgehead atoms. The second-order valence-corrected chi connectivity index (χ2v) is 6.44. The van der Waals surface area contributed by atoms with Gasteiger partial charge in [0.15, 0.2) is 0 Å².